The van der Waals surface area contributed by atoms with Crippen molar-refractivity contribution in [3.8, 4) is 0 Å². The first kappa shape index (κ1) is 15.2. The molecule has 114 valence electrons. The number of aliphatic hydroxyl groups is 4. The van der Waals surface area contributed by atoms with Gasteiger partial charge in [0, 0.05) is 0 Å². The summed E-state index contributed by atoms with van der Waals surface area (Å²) in [7, 11) is 0. The molecular weight excluding hydrogens is 314 g/mol. The van der Waals surface area contributed by atoms with Crippen molar-refractivity contribution in [2.24, 2.45) is 0 Å². The van der Waals surface area contributed by atoms with Crippen LogP contribution in [-0.2, 0) is 4.74 Å². The zero-order chi connectivity index (χ0) is 15.0. The Kier molecular flexibility index (Phi) is 4.46. The van der Waals surface area contributed by atoms with Gasteiger partial charge in [-0.1, -0.05) is 23.9 Å². The van der Waals surface area contributed by atoms with Gasteiger partial charge in [-0.25, -0.2) is 4.98 Å². The lowest BCUT2D eigenvalue weighted by Gasteiger charge is -2.39. The maximum Gasteiger partial charge on any atom is 0.153 e. The normalized spacial score (nSPS) is 33.4. The number of nitrogens with zero attached hydrogens (tertiary/aromatic N) is 1. The molecule has 1 aliphatic heterocycles. The third-order valence-electron chi connectivity index (χ3n) is 3.34. The predicted octanol–water partition coefficient (Wildman–Crippen LogP) is 0.188. The summed E-state index contributed by atoms with van der Waals surface area (Å²) in [6.07, 6.45) is -4.84. The highest BCUT2D eigenvalue weighted by molar-refractivity contribution is 8.01. The van der Waals surface area contributed by atoms with Crippen molar-refractivity contribution in [1.82, 2.24) is 4.98 Å². The average Bonchev–Trinajstić information content (AvgIpc) is 2.90. The van der Waals surface area contributed by atoms with Crippen molar-refractivity contribution in [3.05, 3.63) is 24.3 Å². The van der Waals surface area contributed by atoms with Crippen LogP contribution in [0.3, 0.4) is 0 Å². The molecule has 0 radical (unpaired) electrons. The molecule has 0 amide bonds. The van der Waals surface area contributed by atoms with Crippen molar-refractivity contribution in [3.63, 3.8) is 0 Å². The van der Waals surface area contributed by atoms with Crippen LogP contribution in [0.5, 0.6) is 0 Å². The highest BCUT2D eigenvalue weighted by atomic mass is 32.2. The Morgan fingerprint density at radius 3 is 2.62 bits per heavy atom. The first-order valence-corrected chi connectivity index (χ1v) is 8.12. The molecule has 2 aromatic rings. The monoisotopic (exact) mass is 329 g/mol. The molecule has 1 saturated heterocycles. The molecule has 1 aromatic heterocycles. The molecule has 1 fully saturated rings. The lowest BCUT2D eigenvalue weighted by atomic mass is 10.0. The summed E-state index contributed by atoms with van der Waals surface area (Å²) in [5.74, 6) is 0. The smallest absolute Gasteiger partial charge is 0.153 e. The first-order valence-electron chi connectivity index (χ1n) is 6.43. The second-order valence-corrected chi connectivity index (χ2v) is 7.14. The number of benzene rings is 1. The van der Waals surface area contributed by atoms with Gasteiger partial charge < -0.3 is 25.2 Å². The van der Waals surface area contributed by atoms with E-state index in [0.29, 0.717) is 4.34 Å². The van der Waals surface area contributed by atoms with Crippen LogP contribution in [0, 0.1) is 0 Å². The second kappa shape index (κ2) is 6.17. The Hall–Kier alpha value is -0.740. The first-order chi connectivity index (χ1) is 10.1. The van der Waals surface area contributed by atoms with E-state index in [-0.39, 0.29) is 0 Å². The van der Waals surface area contributed by atoms with Crippen LogP contribution >= 0.6 is 23.1 Å². The third kappa shape index (κ3) is 2.93. The summed E-state index contributed by atoms with van der Waals surface area (Å²) in [6.45, 7) is -0.429. The van der Waals surface area contributed by atoms with Gasteiger partial charge in [-0.2, -0.15) is 0 Å². The largest absolute Gasteiger partial charge is 0.394 e. The molecule has 21 heavy (non-hydrogen) atoms. The number of fused-ring (bicyclic) bond motifs is 1. The SMILES string of the molecule is OCC1OC(Sc2nc3ccccc3s2)C(O)C(O)C1O. The van der Waals surface area contributed by atoms with Crippen molar-refractivity contribution in [2.45, 2.75) is 34.2 Å². The molecule has 0 bridgehead atoms. The van der Waals surface area contributed by atoms with Crippen LogP contribution in [0.15, 0.2) is 28.6 Å². The van der Waals surface area contributed by atoms with Crippen LogP contribution in [0.4, 0.5) is 0 Å². The number of hydrogen-bond donors (Lipinski definition) is 4. The maximum atomic E-state index is 10.00. The molecule has 0 spiro atoms. The number of thioether (sulfide) groups is 1. The van der Waals surface area contributed by atoms with E-state index in [1.807, 2.05) is 24.3 Å². The average molecular weight is 329 g/mol. The molecule has 4 N–H and O–H groups in total. The molecule has 1 aliphatic rings. The topological polar surface area (TPSA) is 103 Å². The van der Waals surface area contributed by atoms with E-state index >= 15 is 0 Å². The highest BCUT2D eigenvalue weighted by Gasteiger charge is 2.44. The predicted molar refractivity (Wildman–Crippen MR) is 79.2 cm³/mol. The molecule has 2 heterocycles. The van der Waals surface area contributed by atoms with Gasteiger partial charge in [-0.05, 0) is 12.1 Å². The Morgan fingerprint density at radius 1 is 1.14 bits per heavy atom. The molecule has 8 heteroatoms. The Balaban J connectivity index is 1.79. The number of aromatic nitrogens is 1. The second-order valence-electron chi connectivity index (χ2n) is 4.76. The summed E-state index contributed by atoms with van der Waals surface area (Å²) >= 11 is 2.63. The van der Waals surface area contributed by atoms with Gasteiger partial charge >= 0.3 is 0 Å². The summed E-state index contributed by atoms with van der Waals surface area (Å²) in [6, 6.07) is 7.65. The fraction of sp³-hybridized carbons (Fsp3) is 0.462. The van der Waals surface area contributed by atoms with Crippen LogP contribution in [0.1, 0.15) is 0 Å². The van der Waals surface area contributed by atoms with Crippen LogP contribution in [0.2, 0.25) is 0 Å². The summed E-state index contributed by atoms with van der Waals surface area (Å²) in [4.78, 5) is 4.42. The molecule has 0 saturated carbocycles. The van der Waals surface area contributed by atoms with E-state index < -0.39 is 36.5 Å². The van der Waals surface area contributed by atoms with Crippen molar-refractivity contribution < 1.29 is 25.2 Å². The molecule has 5 unspecified atom stereocenters. The van der Waals surface area contributed by atoms with E-state index in [9.17, 15) is 15.3 Å². The standard InChI is InChI=1S/C13H15NO5S2/c15-5-7-9(16)10(17)11(18)12(19-7)21-13-14-6-3-1-2-4-8(6)20-13/h1-4,7,9-12,15-18H,5H2. The fourth-order valence-electron chi connectivity index (χ4n) is 2.17. The van der Waals surface area contributed by atoms with E-state index in [2.05, 4.69) is 4.98 Å². The summed E-state index contributed by atoms with van der Waals surface area (Å²) in [5.41, 5.74) is 0.0655. The Bertz CT molecular complexity index is 586. The van der Waals surface area contributed by atoms with E-state index in [4.69, 9.17) is 9.84 Å². The van der Waals surface area contributed by atoms with Crippen LogP contribution in [0.25, 0.3) is 10.2 Å². The molecule has 0 aliphatic carbocycles. The summed E-state index contributed by atoms with van der Waals surface area (Å²) in [5, 5.41) is 38.7. The van der Waals surface area contributed by atoms with Crippen molar-refractivity contribution in [2.75, 3.05) is 6.61 Å². The van der Waals surface area contributed by atoms with E-state index in [1.54, 1.807) is 0 Å². The minimum atomic E-state index is -1.36. The maximum absolute atomic E-state index is 10.00. The van der Waals surface area contributed by atoms with Gasteiger partial charge in [0.2, 0.25) is 0 Å². The zero-order valence-corrected chi connectivity index (χ0v) is 12.5. The van der Waals surface area contributed by atoms with Gasteiger partial charge in [-0.3, -0.25) is 0 Å². The van der Waals surface area contributed by atoms with Gasteiger partial charge in [0.05, 0.1) is 16.8 Å². The molecule has 5 atom stereocenters. The Labute approximate surface area is 129 Å². The zero-order valence-electron chi connectivity index (χ0n) is 10.9. The van der Waals surface area contributed by atoms with Gasteiger partial charge in [0.15, 0.2) is 4.34 Å². The van der Waals surface area contributed by atoms with Gasteiger partial charge in [-0.15, -0.1) is 11.3 Å². The fourth-order valence-corrected chi connectivity index (χ4v) is 4.46. The molecule has 6 nitrogen and oxygen atoms in total. The third-order valence-corrected chi connectivity index (χ3v) is 5.62. The summed E-state index contributed by atoms with van der Waals surface area (Å²) < 4.78 is 7.16. The van der Waals surface area contributed by atoms with Crippen molar-refractivity contribution in [1.29, 1.82) is 0 Å². The molecule has 1 aromatic carbocycles. The minimum absolute atomic E-state index is 0.429. The number of thiazole rings is 1. The number of ether oxygens (including phenoxy) is 1. The minimum Gasteiger partial charge on any atom is -0.394 e. The number of rotatable bonds is 3. The molecular formula is C13H15NO5S2. The number of para-hydroxylation sites is 1. The lowest BCUT2D eigenvalue weighted by Crippen LogP contribution is -2.57. The quantitative estimate of drug-likeness (QED) is 0.637. The van der Waals surface area contributed by atoms with Gasteiger partial charge in [0.25, 0.3) is 0 Å². The lowest BCUT2D eigenvalue weighted by molar-refractivity contribution is -0.205. The highest BCUT2D eigenvalue weighted by Crippen LogP contribution is 2.37. The van der Waals surface area contributed by atoms with E-state index in [0.717, 1.165) is 10.2 Å². The number of aliphatic hydroxyl groups excluding tert-OH is 4. The van der Waals surface area contributed by atoms with Crippen molar-refractivity contribution >= 4 is 33.3 Å². The number of hydrogen-bond acceptors (Lipinski definition) is 8. The van der Waals surface area contributed by atoms with Crippen LogP contribution < -0.4 is 0 Å². The Morgan fingerprint density at radius 2 is 1.90 bits per heavy atom. The van der Waals surface area contributed by atoms with Crippen LogP contribution in [-0.4, -0.2) is 61.9 Å². The van der Waals surface area contributed by atoms with E-state index in [1.165, 1.54) is 23.1 Å². The van der Waals surface area contributed by atoms with Gasteiger partial charge in [0.1, 0.15) is 29.9 Å². The molecule has 3 rings (SSSR count).